The maximum atomic E-state index is 13.2. The first-order valence-corrected chi connectivity index (χ1v) is 18.9. The van der Waals surface area contributed by atoms with Gasteiger partial charge in [-0.25, -0.2) is 4.79 Å². The normalized spacial score (nSPS) is 21.0. The summed E-state index contributed by atoms with van der Waals surface area (Å²) in [5, 5.41) is 23.3. The molecule has 0 spiro atoms. The molecule has 1 aromatic rings. The average molecular weight is 676 g/mol. The van der Waals surface area contributed by atoms with Gasteiger partial charge in [-0.1, -0.05) is 77.8 Å². The number of carboxylic acid groups (broad SMARTS) is 1. The van der Waals surface area contributed by atoms with Crippen molar-refractivity contribution in [3.05, 3.63) is 29.3 Å². The number of unbranched alkanes of at least 4 members (excludes halogenated alkanes) is 8. The molecule has 8 nitrogen and oxygen atoms in total. The van der Waals surface area contributed by atoms with Crippen LogP contribution in [-0.2, 0) is 32.0 Å². The molecule has 0 aliphatic heterocycles. The molecule has 9 heteroatoms. The highest BCUT2D eigenvalue weighted by molar-refractivity contribution is 7.80. The number of aliphatic hydroxyl groups excluding tert-OH is 1. The Bertz CT molecular complexity index is 1130. The zero-order chi connectivity index (χ0) is 34.2. The van der Waals surface area contributed by atoms with Gasteiger partial charge in [-0.2, -0.15) is 12.6 Å². The van der Waals surface area contributed by atoms with Crippen molar-refractivity contribution < 1.29 is 34.1 Å². The van der Waals surface area contributed by atoms with Crippen LogP contribution in [0.4, 0.5) is 0 Å². The SMILES string of the molecule is CCCCC[C@@H](CC[C@@H]1[C@H]2Cc3cccc(OCC(=O)O)c3C[C@H]2C[C@H]1O)OC(=O)CC(C)(C)C(=O)NCCCCCCCCCS. The lowest BCUT2D eigenvalue weighted by molar-refractivity contribution is -0.155. The summed E-state index contributed by atoms with van der Waals surface area (Å²) >= 11 is 4.26. The van der Waals surface area contributed by atoms with Crippen LogP contribution >= 0.6 is 12.6 Å². The standard InChI is InChI=1S/C38H61NO7S/c1-4-5-11-16-29(46-36(43)25-38(2,3)37(44)39-20-12-9-7-6-8-10-13-21-47)18-19-30-31-22-27-15-14-17-34(45-26-35(41)42)32(27)23-28(31)24-33(30)40/h14-15,17,28-31,33,40,47H,4-13,16,18-26H2,1-3H3,(H,39,44)(H,41,42)/t28-,29-,30+,31-,33+/m0/s1. The number of hydrogen-bond donors (Lipinski definition) is 4. The van der Waals surface area contributed by atoms with Crippen molar-refractivity contribution in [1.82, 2.24) is 5.32 Å². The minimum atomic E-state index is -0.999. The van der Waals surface area contributed by atoms with Crippen LogP contribution in [0, 0.1) is 23.2 Å². The van der Waals surface area contributed by atoms with E-state index in [1.165, 1.54) is 37.7 Å². The van der Waals surface area contributed by atoms with Gasteiger partial charge in [-0.05, 0) is 98.5 Å². The lowest BCUT2D eigenvalue weighted by atomic mass is 9.73. The van der Waals surface area contributed by atoms with Gasteiger partial charge in [0.15, 0.2) is 6.61 Å². The molecule has 266 valence electrons. The number of thiol groups is 1. The number of carboxylic acids is 1. The summed E-state index contributed by atoms with van der Waals surface area (Å²) in [6.07, 6.45) is 15.1. The summed E-state index contributed by atoms with van der Waals surface area (Å²) < 4.78 is 11.6. The van der Waals surface area contributed by atoms with Crippen LogP contribution in [0.1, 0.15) is 128 Å². The van der Waals surface area contributed by atoms with E-state index in [9.17, 15) is 19.5 Å². The van der Waals surface area contributed by atoms with Crippen molar-refractivity contribution >= 4 is 30.5 Å². The molecule has 2 aliphatic carbocycles. The number of carbonyl (C=O) groups is 3. The highest BCUT2D eigenvalue weighted by Gasteiger charge is 2.45. The molecule has 2 aliphatic rings. The first-order chi connectivity index (χ1) is 22.6. The predicted octanol–water partition coefficient (Wildman–Crippen LogP) is 7.33. The number of amides is 1. The maximum Gasteiger partial charge on any atom is 0.341 e. The van der Waals surface area contributed by atoms with E-state index in [2.05, 4.69) is 30.9 Å². The maximum absolute atomic E-state index is 13.2. The van der Waals surface area contributed by atoms with Crippen molar-refractivity contribution in [1.29, 1.82) is 0 Å². The molecule has 0 aromatic heterocycles. The average Bonchev–Trinajstić information content (AvgIpc) is 3.33. The third-order valence-corrected chi connectivity index (χ3v) is 10.6. The molecule has 0 saturated heterocycles. The third kappa shape index (κ3) is 12.9. The topological polar surface area (TPSA) is 122 Å². The number of carbonyl (C=O) groups excluding carboxylic acids is 2. The lowest BCUT2D eigenvalue weighted by Crippen LogP contribution is -2.39. The van der Waals surface area contributed by atoms with Crippen LogP contribution in [0.5, 0.6) is 5.75 Å². The number of rotatable bonds is 23. The third-order valence-electron chi connectivity index (χ3n) is 10.3. The summed E-state index contributed by atoms with van der Waals surface area (Å²) in [7, 11) is 0. The molecule has 0 bridgehead atoms. The lowest BCUT2D eigenvalue weighted by Gasteiger charge is -2.33. The molecular formula is C38H61NO7S. The van der Waals surface area contributed by atoms with Gasteiger partial charge in [0.1, 0.15) is 11.9 Å². The van der Waals surface area contributed by atoms with Crippen LogP contribution in [0.25, 0.3) is 0 Å². The summed E-state index contributed by atoms with van der Waals surface area (Å²) in [4.78, 5) is 37.2. The largest absolute Gasteiger partial charge is 0.482 e. The van der Waals surface area contributed by atoms with Crippen molar-refractivity contribution in [3.63, 3.8) is 0 Å². The first-order valence-electron chi connectivity index (χ1n) is 18.3. The van der Waals surface area contributed by atoms with E-state index in [1.807, 2.05) is 26.0 Å². The second kappa shape index (κ2) is 20.3. The second-order valence-electron chi connectivity index (χ2n) is 14.6. The van der Waals surface area contributed by atoms with Gasteiger partial charge >= 0.3 is 11.9 Å². The van der Waals surface area contributed by atoms with Gasteiger partial charge in [-0.3, -0.25) is 9.59 Å². The minimum Gasteiger partial charge on any atom is -0.482 e. The van der Waals surface area contributed by atoms with E-state index in [4.69, 9.17) is 14.6 Å². The zero-order valence-corrected chi connectivity index (χ0v) is 30.0. The van der Waals surface area contributed by atoms with E-state index < -0.39 is 17.5 Å². The zero-order valence-electron chi connectivity index (χ0n) is 29.1. The fourth-order valence-electron chi connectivity index (χ4n) is 7.57. The van der Waals surface area contributed by atoms with E-state index in [1.54, 1.807) is 0 Å². The van der Waals surface area contributed by atoms with E-state index >= 15 is 0 Å². The minimum absolute atomic E-state index is 0.0358. The first kappa shape index (κ1) is 39.2. The molecule has 1 fully saturated rings. The Labute approximate surface area is 288 Å². The summed E-state index contributed by atoms with van der Waals surface area (Å²) in [5.74, 6) is 0.875. The summed E-state index contributed by atoms with van der Waals surface area (Å²) in [6.45, 7) is 6.03. The predicted molar refractivity (Wildman–Crippen MR) is 189 cm³/mol. The Morgan fingerprint density at radius 1 is 1.00 bits per heavy atom. The highest BCUT2D eigenvalue weighted by Crippen LogP contribution is 2.48. The second-order valence-corrected chi connectivity index (χ2v) is 15.0. The fraction of sp³-hybridized carbons (Fsp3) is 0.763. The van der Waals surface area contributed by atoms with Crippen molar-refractivity contribution in [3.8, 4) is 5.75 Å². The number of aliphatic hydroxyl groups is 1. The summed E-state index contributed by atoms with van der Waals surface area (Å²) in [5.41, 5.74) is 1.38. The van der Waals surface area contributed by atoms with Crippen LogP contribution in [0.3, 0.4) is 0 Å². The molecule has 0 unspecified atom stereocenters. The molecular weight excluding hydrogens is 614 g/mol. The van der Waals surface area contributed by atoms with Gasteiger partial charge in [-0.15, -0.1) is 0 Å². The Kier molecular flexibility index (Phi) is 16.9. The van der Waals surface area contributed by atoms with Gasteiger partial charge in [0.2, 0.25) is 5.91 Å². The van der Waals surface area contributed by atoms with Crippen molar-refractivity contribution in [2.45, 2.75) is 142 Å². The van der Waals surface area contributed by atoms with Crippen LogP contribution in [0.2, 0.25) is 0 Å². The number of benzene rings is 1. The van der Waals surface area contributed by atoms with Gasteiger partial charge in [0, 0.05) is 6.54 Å². The molecule has 0 radical (unpaired) electrons. The van der Waals surface area contributed by atoms with Crippen LogP contribution < -0.4 is 10.1 Å². The molecule has 3 rings (SSSR count). The number of nitrogens with one attached hydrogen (secondary N) is 1. The molecule has 3 N–H and O–H groups in total. The molecule has 5 atom stereocenters. The highest BCUT2D eigenvalue weighted by atomic mass is 32.1. The molecule has 1 amide bonds. The Hall–Kier alpha value is -2.26. The van der Waals surface area contributed by atoms with Crippen LogP contribution in [0.15, 0.2) is 18.2 Å². The number of ether oxygens (including phenoxy) is 2. The Morgan fingerprint density at radius 2 is 1.72 bits per heavy atom. The smallest absolute Gasteiger partial charge is 0.341 e. The molecule has 1 aromatic carbocycles. The van der Waals surface area contributed by atoms with Crippen LogP contribution in [-0.4, -0.2) is 59.2 Å². The van der Waals surface area contributed by atoms with E-state index in [0.29, 0.717) is 37.0 Å². The molecule has 0 heterocycles. The van der Waals surface area contributed by atoms with Gasteiger partial charge in [0.05, 0.1) is 17.9 Å². The number of hydrogen-bond acceptors (Lipinski definition) is 7. The van der Waals surface area contributed by atoms with E-state index in [-0.39, 0.29) is 36.9 Å². The monoisotopic (exact) mass is 675 g/mol. The number of aliphatic carboxylic acids is 1. The molecule has 47 heavy (non-hydrogen) atoms. The van der Waals surface area contributed by atoms with Crippen molar-refractivity contribution in [2.75, 3.05) is 18.9 Å². The Morgan fingerprint density at radius 3 is 2.43 bits per heavy atom. The van der Waals surface area contributed by atoms with Gasteiger partial charge < -0.3 is 25.0 Å². The van der Waals surface area contributed by atoms with Gasteiger partial charge in [0.25, 0.3) is 0 Å². The van der Waals surface area contributed by atoms with Crippen molar-refractivity contribution in [2.24, 2.45) is 23.2 Å². The fourth-order valence-corrected chi connectivity index (χ4v) is 7.80. The summed E-state index contributed by atoms with van der Waals surface area (Å²) in [6, 6.07) is 5.83. The van der Waals surface area contributed by atoms with E-state index in [0.717, 1.165) is 69.1 Å². The quantitative estimate of drug-likeness (QED) is 0.0545. The number of esters is 1. The molecule has 1 saturated carbocycles. The number of fused-ring (bicyclic) bond motifs is 2. The Balaban J connectivity index is 1.50.